The molecule has 7 heteroatoms. The van der Waals surface area contributed by atoms with Gasteiger partial charge >= 0.3 is 0 Å². The molecule has 0 unspecified atom stereocenters. The molecule has 0 aliphatic rings. The molecule has 5 nitrogen and oxygen atoms in total. The van der Waals surface area contributed by atoms with E-state index < -0.39 is 11.6 Å². The normalized spacial score (nSPS) is 10.6. The van der Waals surface area contributed by atoms with Crippen molar-refractivity contribution in [1.29, 1.82) is 0 Å². The van der Waals surface area contributed by atoms with Crippen LogP contribution in [-0.2, 0) is 17.9 Å². The minimum atomic E-state index is -0.652. The van der Waals surface area contributed by atoms with E-state index in [0.29, 0.717) is 6.54 Å². The SMILES string of the molecule is CN(Cc1ccc(F)cc1F)C(=O)CCn1cncn1. The summed E-state index contributed by atoms with van der Waals surface area (Å²) in [6, 6.07) is 3.32. The number of aryl methyl sites for hydroxylation is 1. The van der Waals surface area contributed by atoms with Crippen LogP contribution in [0.1, 0.15) is 12.0 Å². The highest BCUT2D eigenvalue weighted by Gasteiger charge is 2.12. The van der Waals surface area contributed by atoms with Crippen LogP contribution in [0.3, 0.4) is 0 Å². The molecule has 0 N–H and O–H groups in total. The van der Waals surface area contributed by atoms with Crippen LogP contribution < -0.4 is 0 Å². The average molecular weight is 280 g/mol. The lowest BCUT2D eigenvalue weighted by atomic mass is 10.2. The Kier molecular flexibility index (Phi) is 4.39. The van der Waals surface area contributed by atoms with E-state index in [4.69, 9.17) is 0 Å². The van der Waals surface area contributed by atoms with Gasteiger partial charge in [0.2, 0.25) is 5.91 Å². The molecule has 0 bridgehead atoms. The van der Waals surface area contributed by atoms with Gasteiger partial charge in [-0.25, -0.2) is 13.8 Å². The van der Waals surface area contributed by atoms with E-state index in [9.17, 15) is 13.6 Å². The number of halogens is 2. The van der Waals surface area contributed by atoms with Crippen molar-refractivity contribution >= 4 is 5.91 Å². The summed E-state index contributed by atoms with van der Waals surface area (Å²) in [5, 5.41) is 3.89. The molecule has 2 rings (SSSR count). The number of carbonyl (C=O) groups excluding carboxylic acids is 1. The van der Waals surface area contributed by atoms with E-state index in [1.807, 2.05) is 0 Å². The van der Waals surface area contributed by atoms with E-state index in [0.717, 1.165) is 6.07 Å². The molecular weight excluding hydrogens is 266 g/mol. The summed E-state index contributed by atoms with van der Waals surface area (Å²) in [5.74, 6) is -1.43. The number of amides is 1. The van der Waals surface area contributed by atoms with Crippen molar-refractivity contribution in [2.75, 3.05) is 7.05 Å². The Hall–Kier alpha value is -2.31. The molecule has 1 aromatic carbocycles. The number of rotatable bonds is 5. The lowest BCUT2D eigenvalue weighted by Gasteiger charge is -2.17. The minimum absolute atomic E-state index is 0.0995. The van der Waals surface area contributed by atoms with Gasteiger partial charge in [0.25, 0.3) is 0 Å². The first-order valence-electron chi connectivity index (χ1n) is 6.06. The molecule has 0 fully saturated rings. The Balaban J connectivity index is 1.90. The Labute approximate surface area is 114 Å². The van der Waals surface area contributed by atoms with Crippen molar-refractivity contribution in [2.45, 2.75) is 19.5 Å². The maximum Gasteiger partial charge on any atom is 0.224 e. The van der Waals surface area contributed by atoms with Crippen molar-refractivity contribution in [3.63, 3.8) is 0 Å². The fourth-order valence-corrected chi connectivity index (χ4v) is 1.74. The molecule has 1 amide bonds. The van der Waals surface area contributed by atoms with Crippen LogP contribution in [0.15, 0.2) is 30.9 Å². The number of nitrogens with zero attached hydrogens (tertiary/aromatic N) is 4. The summed E-state index contributed by atoms with van der Waals surface area (Å²) >= 11 is 0. The molecule has 20 heavy (non-hydrogen) atoms. The topological polar surface area (TPSA) is 51.0 Å². The third kappa shape index (κ3) is 3.59. The van der Waals surface area contributed by atoms with E-state index in [2.05, 4.69) is 10.1 Å². The molecule has 0 aliphatic heterocycles. The van der Waals surface area contributed by atoms with Gasteiger partial charge in [-0.15, -0.1) is 0 Å². The van der Waals surface area contributed by atoms with Crippen LogP contribution >= 0.6 is 0 Å². The van der Waals surface area contributed by atoms with Crippen molar-refractivity contribution < 1.29 is 13.6 Å². The molecular formula is C13H14F2N4O. The maximum atomic E-state index is 13.5. The highest BCUT2D eigenvalue weighted by Crippen LogP contribution is 2.12. The van der Waals surface area contributed by atoms with Gasteiger partial charge in [0.1, 0.15) is 24.3 Å². The standard InChI is InChI=1S/C13H14F2N4O/c1-18(7-10-2-3-11(14)6-12(10)15)13(20)4-5-19-9-16-8-17-19/h2-3,6,8-9H,4-5,7H2,1H3. The van der Waals surface area contributed by atoms with Gasteiger partial charge in [0.15, 0.2) is 0 Å². The number of carbonyl (C=O) groups is 1. The molecule has 0 atom stereocenters. The molecule has 0 spiro atoms. The number of hydrogen-bond acceptors (Lipinski definition) is 3. The largest absolute Gasteiger partial charge is 0.341 e. The van der Waals surface area contributed by atoms with Gasteiger partial charge in [0, 0.05) is 31.6 Å². The first kappa shape index (κ1) is 14.1. The van der Waals surface area contributed by atoms with Gasteiger partial charge in [-0.2, -0.15) is 5.10 Å². The molecule has 0 radical (unpaired) electrons. The van der Waals surface area contributed by atoms with Crippen LogP contribution in [0.25, 0.3) is 0 Å². The van der Waals surface area contributed by atoms with E-state index in [-0.39, 0.29) is 24.4 Å². The monoisotopic (exact) mass is 280 g/mol. The number of aromatic nitrogens is 3. The summed E-state index contributed by atoms with van der Waals surface area (Å²) < 4.78 is 27.8. The van der Waals surface area contributed by atoms with Crippen molar-refractivity contribution in [1.82, 2.24) is 19.7 Å². The molecule has 0 saturated carbocycles. The smallest absolute Gasteiger partial charge is 0.224 e. The van der Waals surface area contributed by atoms with Gasteiger partial charge in [-0.3, -0.25) is 9.48 Å². The second-order valence-corrected chi connectivity index (χ2v) is 4.39. The lowest BCUT2D eigenvalue weighted by Crippen LogP contribution is -2.27. The molecule has 0 aliphatic carbocycles. The summed E-state index contributed by atoms with van der Waals surface area (Å²) in [5.41, 5.74) is 0.281. The molecule has 1 heterocycles. The van der Waals surface area contributed by atoms with Gasteiger partial charge in [-0.1, -0.05) is 6.07 Å². The number of hydrogen-bond donors (Lipinski definition) is 0. The van der Waals surface area contributed by atoms with Crippen LogP contribution in [0.5, 0.6) is 0 Å². The fraction of sp³-hybridized carbons (Fsp3) is 0.308. The summed E-state index contributed by atoms with van der Waals surface area (Å²) in [4.78, 5) is 17.1. The van der Waals surface area contributed by atoms with Gasteiger partial charge < -0.3 is 4.90 Å². The van der Waals surface area contributed by atoms with Crippen molar-refractivity contribution in [3.8, 4) is 0 Å². The summed E-state index contributed by atoms with van der Waals surface area (Å²) in [6.07, 6.45) is 3.15. The fourth-order valence-electron chi connectivity index (χ4n) is 1.74. The van der Waals surface area contributed by atoms with Crippen molar-refractivity contribution in [2.24, 2.45) is 0 Å². The predicted molar refractivity (Wildman–Crippen MR) is 67.5 cm³/mol. The molecule has 2 aromatic rings. The first-order chi connectivity index (χ1) is 9.56. The van der Waals surface area contributed by atoms with E-state index in [1.165, 1.54) is 29.7 Å². The predicted octanol–water partition coefficient (Wildman–Crippen LogP) is 1.60. The maximum absolute atomic E-state index is 13.5. The zero-order valence-corrected chi connectivity index (χ0v) is 11.0. The van der Waals surface area contributed by atoms with Gasteiger partial charge in [-0.05, 0) is 6.07 Å². The average Bonchev–Trinajstić information content (AvgIpc) is 2.92. The molecule has 1 aromatic heterocycles. The molecule has 0 saturated heterocycles. The lowest BCUT2D eigenvalue weighted by molar-refractivity contribution is -0.130. The van der Waals surface area contributed by atoms with E-state index >= 15 is 0 Å². The number of benzene rings is 1. The Morgan fingerprint density at radius 2 is 2.20 bits per heavy atom. The van der Waals surface area contributed by atoms with Crippen LogP contribution in [0.4, 0.5) is 8.78 Å². The van der Waals surface area contributed by atoms with Crippen LogP contribution in [0.2, 0.25) is 0 Å². The Morgan fingerprint density at radius 1 is 1.40 bits per heavy atom. The van der Waals surface area contributed by atoms with Crippen molar-refractivity contribution in [3.05, 3.63) is 48.1 Å². The quantitative estimate of drug-likeness (QED) is 0.836. The third-order valence-electron chi connectivity index (χ3n) is 2.87. The Morgan fingerprint density at radius 3 is 2.85 bits per heavy atom. The third-order valence-corrected chi connectivity index (χ3v) is 2.87. The minimum Gasteiger partial charge on any atom is -0.341 e. The van der Waals surface area contributed by atoms with Gasteiger partial charge in [0.05, 0.1) is 6.54 Å². The summed E-state index contributed by atoms with van der Waals surface area (Å²) in [7, 11) is 1.58. The highest BCUT2D eigenvalue weighted by atomic mass is 19.1. The zero-order valence-electron chi connectivity index (χ0n) is 11.0. The second kappa shape index (κ2) is 6.23. The summed E-state index contributed by atoms with van der Waals surface area (Å²) in [6.45, 7) is 0.511. The highest BCUT2D eigenvalue weighted by molar-refractivity contribution is 5.75. The van der Waals surface area contributed by atoms with E-state index in [1.54, 1.807) is 11.7 Å². The van der Waals surface area contributed by atoms with Crippen LogP contribution in [-0.4, -0.2) is 32.6 Å². The first-order valence-corrected chi connectivity index (χ1v) is 6.06. The second-order valence-electron chi connectivity index (χ2n) is 4.39. The molecule has 106 valence electrons. The van der Waals surface area contributed by atoms with Crippen LogP contribution in [0, 0.1) is 11.6 Å². The zero-order chi connectivity index (χ0) is 14.5. The Bertz CT molecular complexity index is 586.